The van der Waals surface area contributed by atoms with E-state index in [1.165, 1.54) is 13.8 Å². The number of carbonyl (C=O) groups is 1. The Morgan fingerprint density at radius 2 is 1.90 bits per heavy atom. The number of esters is 1. The third-order valence-electron chi connectivity index (χ3n) is 6.39. The Kier molecular flexibility index (Phi) is 6.64. The number of hydrogen-bond acceptors (Lipinski definition) is 10. The maximum absolute atomic E-state index is 13.6. The fourth-order valence-corrected chi connectivity index (χ4v) is 4.50. The maximum atomic E-state index is 13.6. The van der Waals surface area contributed by atoms with E-state index in [0.29, 0.717) is 24.5 Å². The number of aromatic amines is 1. The molecule has 0 aliphatic rings. The van der Waals surface area contributed by atoms with Crippen LogP contribution >= 0.6 is 0 Å². The Balaban J connectivity index is 1.48. The van der Waals surface area contributed by atoms with Crippen molar-refractivity contribution in [3.8, 4) is 22.5 Å². The monoisotopic (exact) mass is 561 g/mol. The van der Waals surface area contributed by atoms with E-state index in [1.54, 1.807) is 4.57 Å². The van der Waals surface area contributed by atoms with E-state index in [9.17, 15) is 14.7 Å². The van der Waals surface area contributed by atoms with Gasteiger partial charge in [-0.15, -0.1) is 10.2 Å². The highest BCUT2D eigenvalue weighted by Crippen LogP contribution is 2.31. The van der Waals surface area contributed by atoms with Gasteiger partial charge in [0.15, 0.2) is 23.8 Å². The van der Waals surface area contributed by atoms with Gasteiger partial charge in [0.1, 0.15) is 17.1 Å². The van der Waals surface area contributed by atoms with Crippen molar-refractivity contribution in [2.24, 2.45) is 0 Å². The first-order valence-corrected chi connectivity index (χ1v) is 12.9. The normalized spacial score (nSPS) is 13.0. The van der Waals surface area contributed by atoms with Crippen LogP contribution in [0.1, 0.15) is 70.4 Å². The predicted molar refractivity (Wildman–Crippen MR) is 147 cm³/mol. The van der Waals surface area contributed by atoms with Crippen molar-refractivity contribution in [3.05, 3.63) is 93.4 Å². The zero-order valence-electron chi connectivity index (χ0n) is 25.7. The topological polar surface area (TPSA) is 162 Å². The van der Waals surface area contributed by atoms with Gasteiger partial charge in [0.2, 0.25) is 5.82 Å². The van der Waals surface area contributed by atoms with Crippen LogP contribution in [0.2, 0.25) is 0 Å². The van der Waals surface area contributed by atoms with Crippen molar-refractivity contribution in [1.82, 2.24) is 30.2 Å². The fourth-order valence-electron chi connectivity index (χ4n) is 4.50. The van der Waals surface area contributed by atoms with E-state index < -0.39 is 42.4 Å². The van der Waals surface area contributed by atoms with Crippen molar-refractivity contribution in [2.45, 2.75) is 59.2 Å². The first-order valence-electron chi connectivity index (χ1n) is 14.4. The number of aryl methyl sites for hydroxylation is 2. The minimum Gasteiger partial charge on any atom is -0.453 e. The zero-order chi connectivity index (χ0) is 31.6. The summed E-state index contributed by atoms with van der Waals surface area (Å²) < 4.78 is 39.3. The van der Waals surface area contributed by atoms with E-state index in [0.717, 1.165) is 22.3 Å². The summed E-state index contributed by atoms with van der Waals surface area (Å²) in [5.74, 6) is -2.21. The average molecular weight is 562 g/mol. The quantitative estimate of drug-likeness (QED) is 0.237. The van der Waals surface area contributed by atoms with Crippen LogP contribution < -0.4 is 5.82 Å². The molecule has 0 fully saturated rings. The number of H-pyrrole nitrogens is 1. The van der Waals surface area contributed by atoms with Crippen LogP contribution in [0.4, 0.5) is 0 Å². The Labute approximate surface area is 239 Å². The van der Waals surface area contributed by atoms with Crippen LogP contribution in [-0.2, 0) is 29.9 Å². The maximum Gasteiger partial charge on any atom is 0.519 e. The molecule has 0 spiro atoms. The van der Waals surface area contributed by atoms with E-state index in [4.69, 9.17) is 13.3 Å². The molecule has 0 saturated carbocycles. The van der Waals surface area contributed by atoms with Crippen molar-refractivity contribution in [1.29, 1.82) is 0 Å². The van der Waals surface area contributed by atoms with Crippen molar-refractivity contribution < 1.29 is 27.6 Å². The van der Waals surface area contributed by atoms with Gasteiger partial charge in [-0.2, -0.15) is 5.21 Å². The minimum atomic E-state index is -2.79. The summed E-state index contributed by atoms with van der Waals surface area (Å²) >= 11 is 0. The lowest BCUT2D eigenvalue weighted by Gasteiger charge is -2.17. The van der Waals surface area contributed by atoms with Crippen LogP contribution in [-0.4, -0.2) is 41.3 Å². The number of ether oxygens (including phenoxy) is 1. The molecule has 0 radical (unpaired) electrons. The molecule has 5 rings (SSSR count). The Bertz CT molecular complexity index is 1820. The number of aromatic nitrogens is 6. The van der Waals surface area contributed by atoms with Crippen LogP contribution in [0.5, 0.6) is 0 Å². The fraction of sp³-hybridized carbons (Fsp3) is 0.310. The van der Waals surface area contributed by atoms with Gasteiger partial charge in [0, 0.05) is 22.6 Å². The molecule has 0 amide bonds. The first-order chi connectivity index (χ1) is 20.9. The number of hydrogen-bond donors (Lipinski definition) is 2. The van der Waals surface area contributed by atoms with Gasteiger partial charge < -0.3 is 23.2 Å². The number of carbonyl (C=O) groups excluding carboxylic acids is 1. The minimum absolute atomic E-state index is 0.00578. The van der Waals surface area contributed by atoms with E-state index >= 15 is 0 Å². The third kappa shape index (κ3) is 5.87. The highest BCUT2D eigenvalue weighted by atomic mass is 16.6. The summed E-state index contributed by atoms with van der Waals surface area (Å²) in [5.41, 5.74) is 2.04. The van der Waals surface area contributed by atoms with Gasteiger partial charge in [-0.25, -0.2) is 14.6 Å². The van der Waals surface area contributed by atoms with Crippen LogP contribution in [0.3, 0.4) is 0 Å². The third-order valence-corrected chi connectivity index (χ3v) is 6.39. The van der Waals surface area contributed by atoms with Gasteiger partial charge in [-0.3, -0.25) is 0 Å². The highest BCUT2D eigenvalue weighted by molar-refractivity contribution is 5.89. The average Bonchev–Trinajstić information content (AvgIpc) is 3.72. The van der Waals surface area contributed by atoms with Crippen molar-refractivity contribution in [3.63, 3.8) is 0 Å². The Morgan fingerprint density at radius 3 is 2.56 bits per heavy atom. The molecule has 0 aliphatic heterocycles. The van der Waals surface area contributed by atoms with Gasteiger partial charge in [-0.1, -0.05) is 55.5 Å². The second-order valence-corrected chi connectivity index (χ2v) is 9.88. The largest absolute Gasteiger partial charge is 0.519 e. The molecule has 3 heterocycles. The molecule has 41 heavy (non-hydrogen) atoms. The second kappa shape index (κ2) is 11.3. The molecule has 0 atom stereocenters. The molecule has 2 N–H and O–H groups in total. The molecular weight excluding hydrogens is 528 g/mol. The van der Waals surface area contributed by atoms with Crippen LogP contribution in [0, 0.1) is 6.85 Å². The smallest absolute Gasteiger partial charge is 0.453 e. The summed E-state index contributed by atoms with van der Waals surface area (Å²) in [6.45, 7) is 1.73. The number of aliphatic hydroxyl groups is 1. The zero-order valence-corrected chi connectivity index (χ0v) is 22.7. The summed E-state index contributed by atoms with van der Waals surface area (Å²) in [6.07, 6.45) is 1.22. The van der Waals surface area contributed by atoms with Gasteiger partial charge in [0.25, 0.3) is 0 Å². The van der Waals surface area contributed by atoms with Gasteiger partial charge in [0.05, 0.1) is 0 Å². The molecule has 0 bridgehead atoms. The lowest BCUT2D eigenvalue weighted by atomic mass is 9.98. The van der Waals surface area contributed by atoms with E-state index in [-0.39, 0.29) is 17.9 Å². The Hall–Kier alpha value is -4.84. The van der Waals surface area contributed by atoms with Gasteiger partial charge in [-0.05, 0) is 49.0 Å². The number of nitrogens with one attached hydrogen (secondary N) is 1. The number of nitrogens with zero attached hydrogens (tertiary/aromatic N) is 5. The van der Waals surface area contributed by atoms with Crippen molar-refractivity contribution in [2.75, 3.05) is 0 Å². The van der Waals surface area contributed by atoms with Crippen molar-refractivity contribution >= 4 is 5.97 Å². The summed E-state index contributed by atoms with van der Waals surface area (Å²) in [7, 11) is 0. The van der Waals surface area contributed by atoms with E-state index in [1.807, 2.05) is 55.5 Å². The summed E-state index contributed by atoms with van der Waals surface area (Å²) in [4.78, 5) is 29.8. The van der Waals surface area contributed by atoms with Crippen LogP contribution in [0.15, 0.2) is 62.2 Å². The van der Waals surface area contributed by atoms with E-state index in [2.05, 4.69) is 30.0 Å². The molecule has 3 aromatic heterocycles. The second-order valence-electron chi connectivity index (χ2n) is 9.88. The molecule has 12 heteroatoms. The van der Waals surface area contributed by atoms with Gasteiger partial charge >= 0.3 is 11.8 Å². The molecular formula is C29H30N6O6. The number of rotatable bonds is 10. The molecule has 2 aromatic carbocycles. The predicted octanol–water partition coefficient (Wildman–Crippen LogP) is 4.17. The number of imidazole rings is 1. The standard InChI is InChI=1S/C29H30N6O6/c1-5-8-23-30-25(29(3,4)38)24(27(36)39-16-22-17(2)40-28(37)41-22)35(23)15-18-11-13-19(14-12-18)20-9-6-7-10-21(20)26-31-33-34-32-26/h6-7,9-14,38H,5,8,15-16H2,1-4H3,(H,31,32,33,34)/i2D3. The number of tetrazole rings is 1. The lowest BCUT2D eigenvalue weighted by Crippen LogP contribution is -2.23. The summed E-state index contributed by atoms with van der Waals surface area (Å²) in [6, 6.07) is 15.4. The Morgan fingerprint density at radius 1 is 1.15 bits per heavy atom. The van der Waals surface area contributed by atoms with Crippen LogP contribution in [0.25, 0.3) is 22.5 Å². The highest BCUT2D eigenvalue weighted by Gasteiger charge is 2.33. The first kappa shape index (κ1) is 24.0. The SMILES string of the molecule is [2H]C([2H])([2H])c1oc(=O)oc1COC(=O)c1c(C(C)(C)O)nc(CCC)n1Cc1ccc(-c2ccccc2-c2nn[nH]n2)cc1. The number of benzene rings is 2. The molecule has 5 aromatic rings. The molecule has 0 aliphatic carbocycles. The molecule has 0 unspecified atom stereocenters. The lowest BCUT2D eigenvalue weighted by molar-refractivity contribution is 0.0395. The summed E-state index contributed by atoms with van der Waals surface area (Å²) in [5, 5.41) is 25.3. The molecule has 212 valence electrons. The molecule has 0 saturated heterocycles. The molecule has 12 nitrogen and oxygen atoms in total.